The molecule has 2 N–H and O–H groups in total. The quantitative estimate of drug-likeness (QED) is 0.864. The van der Waals surface area contributed by atoms with Crippen LogP contribution in [0.25, 0.3) is 0 Å². The molecule has 1 saturated heterocycles. The number of anilines is 2. The molecule has 128 valence electrons. The molecule has 1 fully saturated rings. The van der Waals surface area contributed by atoms with Gasteiger partial charge in [-0.1, -0.05) is 18.2 Å². The van der Waals surface area contributed by atoms with Crippen LogP contribution in [0.15, 0.2) is 53.4 Å². The molecule has 1 heterocycles. The number of sulfonamides is 1. The van der Waals surface area contributed by atoms with E-state index >= 15 is 0 Å². The van der Waals surface area contributed by atoms with Crippen molar-refractivity contribution in [2.75, 3.05) is 42.9 Å². The molecule has 1 aliphatic rings. The van der Waals surface area contributed by atoms with Crippen molar-refractivity contribution in [3.8, 4) is 5.75 Å². The van der Waals surface area contributed by atoms with E-state index in [1.165, 1.54) is 0 Å². The summed E-state index contributed by atoms with van der Waals surface area (Å²) in [6.45, 7) is 3.35. The van der Waals surface area contributed by atoms with Crippen LogP contribution in [-0.4, -0.2) is 41.7 Å². The van der Waals surface area contributed by atoms with Crippen LogP contribution >= 0.6 is 0 Å². The summed E-state index contributed by atoms with van der Waals surface area (Å²) >= 11 is 0. The van der Waals surface area contributed by atoms with E-state index in [9.17, 15) is 8.42 Å². The Morgan fingerprint density at radius 2 is 1.79 bits per heavy atom. The zero-order valence-corrected chi connectivity index (χ0v) is 14.3. The summed E-state index contributed by atoms with van der Waals surface area (Å²) in [6, 6.07) is 13.8. The Kier molecular flexibility index (Phi) is 4.92. The van der Waals surface area contributed by atoms with Crippen LogP contribution in [0, 0.1) is 0 Å². The number of hydrogen-bond acceptors (Lipinski definition) is 5. The van der Waals surface area contributed by atoms with Crippen LogP contribution in [0.3, 0.4) is 0 Å². The van der Waals surface area contributed by atoms with Crippen LogP contribution in [0.2, 0.25) is 0 Å². The van der Waals surface area contributed by atoms with E-state index in [2.05, 4.69) is 14.9 Å². The number of nitrogens with zero attached hydrogens (tertiary/aromatic N) is 1. The predicted octanol–water partition coefficient (Wildman–Crippen LogP) is 1.91. The number of ether oxygens (including phenoxy) is 1. The first kappa shape index (κ1) is 16.6. The summed E-state index contributed by atoms with van der Waals surface area (Å²) < 4.78 is 33.3. The highest BCUT2D eigenvalue weighted by atomic mass is 32.2. The highest BCUT2D eigenvalue weighted by Crippen LogP contribution is 2.31. The highest BCUT2D eigenvalue weighted by Gasteiger charge is 2.20. The normalized spacial score (nSPS) is 15.1. The molecule has 2 aromatic rings. The van der Waals surface area contributed by atoms with Gasteiger partial charge in [0.1, 0.15) is 5.75 Å². The maximum Gasteiger partial charge on any atom is 0.261 e. The van der Waals surface area contributed by atoms with E-state index in [4.69, 9.17) is 4.74 Å². The minimum atomic E-state index is -3.65. The molecule has 0 aliphatic carbocycles. The van der Waals surface area contributed by atoms with Crippen LogP contribution in [-0.2, 0) is 10.0 Å². The monoisotopic (exact) mass is 347 g/mol. The van der Waals surface area contributed by atoms with Crippen LogP contribution in [0.1, 0.15) is 0 Å². The van der Waals surface area contributed by atoms with Gasteiger partial charge in [0, 0.05) is 31.9 Å². The average molecular weight is 347 g/mol. The van der Waals surface area contributed by atoms with E-state index in [1.54, 1.807) is 49.6 Å². The fourth-order valence-electron chi connectivity index (χ4n) is 2.71. The van der Waals surface area contributed by atoms with Gasteiger partial charge in [0.15, 0.2) is 0 Å². The van der Waals surface area contributed by atoms with Crippen molar-refractivity contribution < 1.29 is 13.2 Å². The summed E-state index contributed by atoms with van der Waals surface area (Å²) in [4.78, 5) is 2.36. The topological polar surface area (TPSA) is 70.7 Å². The average Bonchev–Trinajstić information content (AvgIpc) is 2.62. The van der Waals surface area contributed by atoms with Gasteiger partial charge in [0.2, 0.25) is 0 Å². The molecule has 0 saturated carbocycles. The molecule has 6 nitrogen and oxygen atoms in total. The Morgan fingerprint density at radius 3 is 2.46 bits per heavy atom. The third kappa shape index (κ3) is 3.63. The molecule has 7 heteroatoms. The molecule has 0 aromatic heterocycles. The van der Waals surface area contributed by atoms with Gasteiger partial charge in [-0.15, -0.1) is 0 Å². The second-order valence-corrected chi connectivity index (χ2v) is 7.22. The number of methoxy groups -OCH3 is 1. The highest BCUT2D eigenvalue weighted by molar-refractivity contribution is 7.92. The lowest BCUT2D eigenvalue weighted by Crippen LogP contribution is -2.43. The molecule has 0 amide bonds. The number of benzene rings is 2. The van der Waals surface area contributed by atoms with Crippen molar-refractivity contribution in [3.05, 3.63) is 48.5 Å². The lowest BCUT2D eigenvalue weighted by molar-refractivity contribution is 0.412. The number of rotatable bonds is 5. The van der Waals surface area contributed by atoms with E-state index in [0.717, 1.165) is 31.9 Å². The second kappa shape index (κ2) is 7.11. The third-order valence-corrected chi connectivity index (χ3v) is 5.32. The summed E-state index contributed by atoms with van der Waals surface area (Å²) in [5, 5.41) is 3.29. The third-order valence-electron chi connectivity index (χ3n) is 3.94. The van der Waals surface area contributed by atoms with Gasteiger partial charge < -0.3 is 15.0 Å². The van der Waals surface area contributed by atoms with Gasteiger partial charge in [0.25, 0.3) is 10.0 Å². The fraction of sp³-hybridized carbons (Fsp3) is 0.294. The molecule has 0 bridgehead atoms. The molecule has 3 rings (SSSR count). The summed E-state index contributed by atoms with van der Waals surface area (Å²) in [7, 11) is -2.05. The first-order valence-corrected chi connectivity index (χ1v) is 9.30. The van der Waals surface area contributed by atoms with Gasteiger partial charge in [-0.3, -0.25) is 4.72 Å². The first-order valence-electron chi connectivity index (χ1n) is 7.82. The largest absolute Gasteiger partial charge is 0.495 e. The summed E-state index contributed by atoms with van der Waals surface area (Å²) in [5.74, 6) is 0.676. The minimum absolute atomic E-state index is 0.223. The van der Waals surface area contributed by atoms with Crippen LogP contribution in [0.4, 0.5) is 11.4 Å². The molecule has 0 spiro atoms. The molecular weight excluding hydrogens is 326 g/mol. The molecule has 2 aromatic carbocycles. The van der Waals surface area contributed by atoms with Gasteiger partial charge in [-0.05, 0) is 30.3 Å². The lowest BCUT2D eigenvalue weighted by Gasteiger charge is -2.30. The molecular formula is C17H21N3O3S. The minimum Gasteiger partial charge on any atom is -0.495 e. The van der Waals surface area contributed by atoms with Crippen LogP contribution in [0.5, 0.6) is 5.75 Å². The van der Waals surface area contributed by atoms with Crippen molar-refractivity contribution >= 4 is 21.4 Å². The Hall–Kier alpha value is -2.25. The van der Waals surface area contributed by atoms with E-state index in [-0.39, 0.29) is 4.90 Å². The molecule has 24 heavy (non-hydrogen) atoms. The van der Waals surface area contributed by atoms with E-state index < -0.39 is 10.0 Å². The molecule has 0 unspecified atom stereocenters. The Bertz CT molecular complexity index is 788. The maximum absolute atomic E-state index is 12.7. The number of hydrogen-bond donors (Lipinski definition) is 2. The van der Waals surface area contributed by atoms with Gasteiger partial charge in [0.05, 0.1) is 17.7 Å². The van der Waals surface area contributed by atoms with Crippen molar-refractivity contribution in [1.29, 1.82) is 0 Å². The zero-order valence-electron chi connectivity index (χ0n) is 13.5. The number of nitrogens with one attached hydrogen (secondary N) is 2. The molecule has 0 radical (unpaired) electrons. The fourth-order valence-corrected chi connectivity index (χ4v) is 3.79. The van der Waals surface area contributed by atoms with Crippen molar-refractivity contribution in [2.45, 2.75) is 4.90 Å². The van der Waals surface area contributed by atoms with Crippen molar-refractivity contribution in [2.24, 2.45) is 0 Å². The van der Waals surface area contributed by atoms with E-state index in [1.807, 2.05) is 6.07 Å². The maximum atomic E-state index is 12.7. The van der Waals surface area contributed by atoms with Crippen molar-refractivity contribution in [3.63, 3.8) is 0 Å². The van der Waals surface area contributed by atoms with Gasteiger partial charge >= 0.3 is 0 Å². The molecule has 0 atom stereocenters. The second-order valence-electron chi connectivity index (χ2n) is 5.54. The van der Waals surface area contributed by atoms with Crippen LogP contribution < -0.4 is 19.7 Å². The SMILES string of the molecule is COc1ccc(S(=O)(=O)Nc2ccccc2)cc1N1CCNCC1. The summed E-state index contributed by atoms with van der Waals surface area (Å²) in [6.07, 6.45) is 0. The lowest BCUT2D eigenvalue weighted by atomic mass is 10.2. The number of para-hydroxylation sites is 1. The Labute approximate surface area is 142 Å². The van der Waals surface area contributed by atoms with Gasteiger partial charge in [-0.25, -0.2) is 8.42 Å². The zero-order chi connectivity index (χ0) is 17.0. The standard InChI is InChI=1S/C17H21N3O3S/c1-23-17-8-7-15(13-16(17)20-11-9-18-10-12-20)24(21,22)19-14-5-3-2-4-6-14/h2-8,13,18-19H,9-12H2,1H3. The Balaban J connectivity index is 1.92. The molecule has 1 aliphatic heterocycles. The smallest absolute Gasteiger partial charge is 0.261 e. The van der Waals surface area contributed by atoms with E-state index in [0.29, 0.717) is 11.4 Å². The van der Waals surface area contributed by atoms with Gasteiger partial charge in [-0.2, -0.15) is 0 Å². The first-order chi connectivity index (χ1) is 11.6. The predicted molar refractivity (Wildman–Crippen MR) is 95.3 cm³/mol. The number of piperazine rings is 1. The Morgan fingerprint density at radius 1 is 1.08 bits per heavy atom. The summed E-state index contributed by atoms with van der Waals surface area (Å²) in [5.41, 5.74) is 1.34. The van der Waals surface area contributed by atoms with Crippen molar-refractivity contribution in [1.82, 2.24) is 5.32 Å².